The summed E-state index contributed by atoms with van der Waals surface area (Å²) >= 11 is 0. The fraction of sp³-hybridized carbons (Fsp3) is 0.0667. The number of ketones is 2. The highest BCUT2D eigenvalue weighted by atomic mass is 31.2. The first kappa shape index (κ1) is 56.1. The minimum absolute atomic E-state index is 0.141. The van der Waals surface area contributed by atoms with Gasteiger partial charge in [-0.05, 0) is 115 Å². The van der Waals surface area contributed by atoms with Crippen molar-refractivity contribution in [1.29, 1.82) is 0 Å². The van der Waals surface area contributed by atoms with Gasteiger partial charge < -0.3 is 14.7 Å². The van der Waals surface area contributed by atoms with Gasteiger partial charge in [0.05, 0.1) is 28.0 Å². The molecule has 0 radical (unpaired) electrons. The second kappa shape index (κ2) is 25.3. The zero-order valence-electron chi connectivity index (χ0n) is 40.1. The zero-order chi connectivity index (χ0) is 54.4. The molecule has 0 fully saturated rings. The summed E-state index contributed by atoms with van der Waals surface area (Å²) in [5.74, 6) is -2.36. The Hall–Kier alpha value is -7.60. The van der Waals surface area contributed by atoms with E-state index in [0.717, 1.165) is 31.8 Å². The number of hydrogen-bond donors (Lipinski definition) is 0. The molecule has 0 heterocycles. The van der Waals surface area contributed by atoms with Gasteiger partial charge in [0.2, 0.25) is 11.6 Å². The molecule has 0 amide bonds. The van der Waals surface area contributed by atoms with Gasteiger partial charge in [-0.15, -0.1) is 0 Å². The van der Waals surface area contributed by atoms with E-state index >= 15 is 0 Å². The lowest BCUT2D eigenvalue weighted by atomic mass is 10.1. The fourth-order valence-corrected chi connectivity index (χ4v) is 16.8. The van der Waals surface area contributed by atoms with Crippen molar-refractivity contribution in [3.05, 3.63) is 283 Å². The van der Waals surface area contributed by atoms with Crippen LogP contribution in [-0.2, 0) is 12.4 Å². The molecule has 0 spiro atoms. The summed E-state index contributed by atoms with van der Waals surface area (Å²) in [7, 11) is -7.64. The van der Waals surface area contributed by atoms with Gasteiger partial charge in [0.1, 0.15) is 77.6 Å². The van der Waals surface area contributed by atoms with Crippen LogP contribution in [0.15, 0.2) is 249 Å². The Morgan fingerprint density at radius 2 is 0.618 bits per heavy atom. The van der Waals surface area contributed by atoms with E-state index in [-0.39, 0.29) is 53.2 Å². The van der Waals surface area contributed by atoms with Crippen molar-refractivity contribution >= 4 is 65.2 Å². The van der Waals surface area contributed by atoms with Crippen LogP contribution in [0.25, 0.3) is 0 Å². The average Bonchev–Trinajstić information content (AvgIpc) is 3.43. The molecule has 5 nitrogen and oxygen atoms in total. The lowest BCUT2D eigenvalue weighted by Gasteiger charge is -2.27. The molecule has 0 aliphatic rings. The third kappa shape index (κ3) is 13.6. The van der Waals surface area contributed by atoms with E-state index in [2.05, 4.69) is 77.5 Å². The van der Waals surface area contributed by atoms with Crippen molar-refractivity contribution < 1.29 is 59.4 Å². The van der Waals surface area contributed by atoms with Crippen molar-refractivity contribution in [2.24, 2.45) is 0 Å². The Labute approximate surface area is 436 Å². The van der Waals surface area contributed by atoms with Gasteiger partial charge in [-0.3, -0.25) is 9.59 Å². The second-order valence-corrected chi connectivity index (χ2v) is 23.9. The van der Waals surface area contributed by atoms with E-state index in [4.69, 9.17) is 0 Å². The van der Waals surface area contributed by atoms with Crippen LogP contribution in [0.1, 0.15) is 31.8 Å². The maximum absolute atomic E-state index is 14.4. The van der Waals surface area contributed by atoms with E-state index in [1.807, 2.05) is 109 Å². The van der Waals surface area contributed by atoms with Crippen LogP contribution < -0.4 is 46.5 Å². The summed E-state index contributed by atoms with van der Waals surface area (Å²) in [5.41, 5.74) is -3.01. The summed E-state index contributed by atoms with van der Waals surface area (Å²) in [5, 5.41) is 26.8. The van der Waals surface area contributed by atoms with Gasteiger partial charge in [-0.2, -0.15) is 26.3 Å². The number of Topliss-reactive ketones (excluding diaryl/α,β-unsaturated/α-hetero) is 2. The van der Waals surface area contributed by atoms with E-state index in [9.17, 15) is 54.8 Å². The van der Waals surface area contributed by atoms with Crippen LogP contribution in [0, 0.1) is 11.6 Å². The van der Waals surface area contributed by atoms with Gasteiger partial charge in [0.25, 0.3) is 0 Å². The highest BCUT2D eigenvalue weighted by Crippen LogP contribution is 2.57. The molecule has 0 saturated heterocycles. The molecule has 0 bridgehead atoms. The Bertz CT molecular complexity index is 2890. The number of rotatable bonds is 14. The highest BCUT2D eigenvalue weighted by molar-refractivity contribution is 7.96. The normalized spacial score (nSPS) is 11.5. The lowest BCUT2D eigenvalue weighted by molar-refractivity contribution is -0.372. The van der Waals surface area contributed by atoms with E-state index in [0.29, 0.717) is 0 Å². The molecule has 9 aromatic carbocycles. The number of hydrogen-bond acceptors (Lipinski definition) is 5. The molecule has 9 aromatic rings. The number of carbonyl (C=O) groups excluding carboxylic acids is 2. The lowest BCUT2D eigenvalue weighted by Crippen LogP contribution is -2.50. The van der Waals surface area contributed by atoms with Gasteiger partial charge in [0, 0.05) is 0 Å². The summed E-state index contributed by atoms with van der Waals surface area (Å²) < 4.78 is 106. The zero-order valence-corrected chi connectivity index (χ0v) is 41.9. The summed E-state index contributed by atoms with van der Waals surface area (Å²) in [4.78, 5) is 26.8. The Morgan fingerprint density at radius 1 is 0.382 bits per heavy atom. The van der Waals surface area contributed by atoms with E-state index < -0.39 is 62.7 Å². The molecule has 0 aliphatic carbocycles. The number of benzene rings is 9. The molecule has 384 valence electrons. The SMILES string of the molecule is O=C(C[P+](c1ccccc1)(c1ccccc1)c1ccccc1)c1ccccc1F.O=C(C[P+](c1ccccc1)(c1ccccc1)c1ccccc1)c1ccccc1F.[O-]B([O-])Oc1cc(C(F)(F)F)cc(C(F)(F)F)c1. The smallest absolute Gasteiger partial charge is 0.416 e. The Balaban J connectivity index is 0.000000171. The maximum Gasteiger partial charge on any atom is 0.416 e. The van der Waals surface area contributed by atoms with Crippen molar-refractivity contribution in [2.45, 2.75) is 12.4 Å². The number of carbonyl (C=O) groups is 2. The molecule has 0 N–H and O–H groups in total. The molecule has 0 aromatic heterocycles. The van der Waals surface area contributed by atoms with Crippen LogP contribution in [0.2, 0.25) is 0 Å². The minimum atomic E-state index is -5.05. The van der Waals surface area contributed by atoms with Crippen LogP contribution in [0.3, 0.4) is 0 Å². The molecule has 0 aliphatic heterocycles. The predicted octanol–water partition coefficient (Wildman–Crippen LogP) is 10.8. The summed E-state index contributed by atoms with van der Waals surface area (Å²) in [6.45, 7) is 0. The van der Waals surface area contributed by atoms with Crippen molar-refractivity contribution in [3.63, 3.8) is 0 Å². The molecule has 9 rings (SSSR count). The van der Waals surface area contributed by atoms with E-state index in [1.165, 1.54) is 12.1 Å². The van der Waals surface area contributed by atoms with Crippen LogP contribution >= 0.6 is 14.5 Å². The largest absolute Gasteiger partial charge is 0.860 e. The van der Waals surface area contributed by atoms with Crippen LogP contribution in [0.4, 0.5) is 35.1 Å². The molecule has 76 heavy (non-hydrogen) atoms. The summed E-state index contributed by atoms with van der Waals surface area (Å²) in [6.07, 6.45) is -9.63. The molecule has 0 saturated carbocycles. The van der Waals surface area contributed by atoms with Crippen molar-refractivity contribution in [2.75, 3.05) is 12.3 Å². The van der Waals surface area contributed by atoms with Crippen molar-refractivity contribution in [1.82, 2.24) is 0 Å². The predicted molar refractivity (Wildman–Crippen MR) is 284 cm³/mol. The molecule has 0 unspecified atom stereocenters. The number of halogens is 8. The first-order chi connectivity index (χ1) is 36.4. The average molecular weight is 1070 g/mol. The highest BCUT2D eigenvalue weighted by Gasteiger charge is 2.49. The van der Waals surface area contributed by atoms with Crippen LogP contribution in [-0.4, -0.2) is 31.2 Å². The molecule has 16 heteroatoms. The van der Waals surface area contributed by atoms with E-state index in [1.54, 1.807) is 36.4 Å². The standard InChI is InChI=1S/2C26H21FOP.C8H3BF6O3/c2*27-25-19-11-10-18-24(25)26(28)20-29(21-12-4-1-5-13-21,22-14-6-2-7-15-22)23-16-8-3-9-17-23;10-7(11,12)4-1-5(8(13,14)15)3-6(2-4)18-9(16)17/h2*1-19H,20H2;1-3H/q2*+1;-2. The third-order valence-electron chi connectivity index (χ3n) is 12.1. The fourth-order valence-electron chi connectivity index (χ4n) is 8.62. The first-order valence-electron chi connectivity index (χ1n) is 23.4. The quantitative estimate of drug-likeness (QED) is 0.0468. The van der Waals surface area contributed by atoms with Gasteiger partial charge >= 0.3 is 12.4 Å². The van der Waals surface area contributed by atoms with Gasteiger partial charge in [0.15, 0.2) is 0 Å². The monoisotopic (exact) mass is 1070 g/mol. The topological polar surface area (TPSA) is 89.5 Å². The Morgan fingerprint density at radius 3 is 0.842 bits per heavy atom. The Kier molecular flexibility index (Phi) is 18.7. The molecular weight excluding hydrogens is 1030 g/mol. The van der Waals surface area contributed by atoms with Gasteiger partial charge in [-0.25, -0.2) is 8.78 Å². The molecule has 0 atom stereocenters. The summed E-state index contributed by atoms with van der Waals surface area (Å²) in [6, 6.07) is 73.6. The maximum atomic E-state index is 14.4. The van der Waals surface area contributed by atoms with Crippen molar-refractivity contribution in [3.8, 4) is 5.75 Å². The first-order valence-corrected chi connectivity index (χ1v) is 27.3. The second-order valence-electron chi connectivity index (χ2n) is 16.9. The minimum Gasteiger partial charge on any atom is -0.860 e. The number of alkyl halides is 6. The van der Waals surface area contributed by atoms with Crippen LogP contribution in [0.5, 0.6) is 5.75 Å². The molecular formula is C60H45BF8O5P2. The third-order valence-corrected chi connectivity index (χ3v) is 20.7. The van der Waals surface area contributed by atoms with Gasteiger partial charge in [-0.1, -0.05) is 133 Å².